The molecule has 1 aromatic rings. The van der Waals surface area contributed by atoms with Crippen LogP contribution in [0.1, 0.15) is 31.7 Å². The van der Waals surface area contributed by atoms with Crippen molar-refractivity contribution in [2.45, 2.75) is 32.6 Å². The lowest BCUT2D eigenvalue weighted by Gasteiger charge is -2.30. The molecule has 2 heteroatoms. The van der Waals surface area contributed by atoms with Gasteiger partial charge in [0.25, 0.3) is 0 Å². The Morgan fingerprint density at radius 2 is 2.18 bits per heavy atom. The van der Waals surface area contributed by atoms with E-state index in [-0.39, 0.29) is 0 Å². The number of piperidine rings is 1. The van der Waals surface area contributed by atoms with Gasteiger partial charge in [-0.1, -0.05) is 41.1 Å². The van der Waals surface area contributed by atoms with E-state index in [4.69, 9.17) is 0 Å². The van der Waals surface area contributed by atoms with Crippen LogP contribution in [-0.2, 0) is 6.42 Å². The van der Waals surface area contributed by atoms with E-state index in [2.05, 4.69) is 52.0 Å². The molecule has 0 spiro atoms. The van der Waals surface area contributed by atoms with Crippen molar-refractivity contribution < 1.29 is 0 Å². The Kier molecular flexibility index (Phi) is 5.05. The van der Waals surface area contributed by atoms with Crippen LogP contribution in [0.25, 0.3) is 0 Å². The Balaban J connectivity index is 1.74. The first-order valence-corrected chi connectivity index (χ1v) is 7.51. The van der Waals surface area contributed by atoms with Crippen LogP contribution in [-0.4, -0.2) is 24.5 Å². The van der Waals surface area contributed by atoms with Gasteiger partial charge in [-0.15, -0.1) is 0 Å². The third-order valence-electron chi connectivity index (χ3n) is 3.62. The molecule has 0 aromatic heterocycles. The van der Waals surface area contributed by atoms with E-state index in [1.807, 2.05) is 0 Å². The quantitative estimate of drug-likeness (QED) is 0.808. The van der Waals surface area contributed by atoms with Gasteiger partial charge in [-0.2, -0.15) is 0 Å². The number of nitrogens with zero attached hydrogens (tertiary/aromatic N) is 1. The predicted octanol–water partition coefficient (Wildman–Crippen LogP) is 4.11. The van der Waals surface area contributed by atoms with E-state index in [1.54, 1.807) is 0 Å². The highest BCUT2D eigenvalue weighted by Crippen LogP contribution is 2.19. The van der Waals surface area contributed by atoms with Gasteiger partial charge in [0.2, 0.25) is 0 Å². The minimum atomic E-state index is 0.896. The molecule has 2 rings (SSSR count). The van der Waals surface area contributed by atoms with Crippen LogP contribution in [0.4, 0.5) is 0 Å². The summed E-state index contributed by atoms with van der Waals surface area (Å²) in [5.41, 5.74) is 1.44. The zero-order chi connectivity index (χ0) is 12.1. The molecule has 0 radical (unpaired) electrons. The van der Waals surface area contributed by atoms with Gasteiger partial charge in [-0.25, -0.2) is 0 Å². The lowest BCUT2D eigenvalue weighted by molar-refractivity contribution is 0.182. The van der Waals surface area contributed by atoms with Crippen molar-refractivity contribution in [3.8, 4) is 0 Å². The summed E-state index contributed by atoms with van der Waals surface area (Å²) in [7, 11) is 0. The van der Waals surface area contributed by atoms with Crippen LogP contribution < -0.4 is 0 Å². The zero-order valence-electron chi connectivity index (χ0n) is 10.7. The second kappa shape index (κ2) is 6.55. The minimum absolute atomic E-state index is 0.896. The van der Waals surface area contributed by atoms with Gasteiger partial charge in [0.05, 0.1) is 0 Å². The van der Waals surface area contributed by atoms with Gasteiger partial charge in [-0.3, -0.25) is 0 Å². The second-order valence-corrected chi connectivity index (χ2v) is 6.10. The van der Waals surface area contributed by atoms with Crippen LogP contribution >= 0.6 is 15.9 Å². The number of hydrogen-bond acceptors (Lipinski definition) is 1. The van der Waals surface area contributed by atoms with Crippen LogP contribution in [0.2, 0.25) is 0 Å². The first kappa shape index (κ1) is 13.1. The van der Waals surface area contributed by atoms with Crippen molar-refractivity contribution in [3.05, 3.63) is 34.3 Å². The molecule has 1 nitrogen and oxygen atoms in total. The minimum Gasteiger partial charge on any atom is -0.303 e. The summed E-state index contributed by atoms with van der Waals surface area (Å²) in [5.74, 6) is 0.896. The summed E-state index contributed by atoms with van der Waals surface area (Å²) in [4.78, 5) is 2.63. The largest absolute Gasteiger partial charge is 0.303 e. The Bertz CT molecular complexity index is 351. The van der Waals surface area contributed by atoms with Crippen LogP contribution in [0.5, 0.6) is 0 Å². The molecule has 0 saturated carbocycles. The molecule has 1 aliphatic rings. The molecule has 0 amide bonds. The average molecular weight is 296 g/mol. The van der Waals surface area contributed by atoms with E-state index in [0.29, 0.717) is 0 Å². The van der Waals surface area contributed by atoms with Crippen LogP contribution in [0.3, 0.4) is 0 Å². The van der Waals surface area contributed by atoms with E-state index < -0.39 is 0 Å². The van der Waals surface area contributed by atoms with Crippen molar-refractivity contribution in [2.75, 3.05) is 19.6 Å². The summed E-state index contributed by atoms with van der Waals surface area (Å²) in [5, 5.41) is 0. The van der Waals surface area contributed by atoms with Crippen molar-refractivity contribution in [1.82, 2.24) is 4.90 Å². The van der Waals surface area contributed by atoms with Gasteiger partial charge in [0.1, 0.15) is 0 Å². The topological polar surface area (TPSA) is 3.24 Å². The maximum atomic E-state index is 3.62. The molecule has 0 aliphatic carbocycles. The number of likely N-dealkylation sites (tertiary alicyclic amines) is 1. The van der Waals surface area contributed by atoms with Crippen molar-refractivity contribution in [2.24, 2.45) is 5.92 Å². The van der Waals surface area contributed by atoms with Crippen LogP contribution in [0.15, 0.2) is 28.7 Å². The van der Waals surface area contributed by atoms with Gasteiger partial charge in [0, 0.05) is 11.0 Å². The lowest BCUT2D eigenvalue weighted by Crippen LogP contribution is -2.35. The maximum Gasteiger partial charge on any atom is 0.0207 e. The van der Waals surface area contributed by atoms with Crippen molar-refractivity contribution >= 4 is 15.9 Å². The van der Waals surface area contributed by atoms with Gasteiger partial charge < -0.3 is 4.90 Å². The fourth-order valence-electron chi connectivity index (χ4n) is 2.68. The molecule has 1 aliphatic heterocycles. The fraction of sp³-hybridized carbons (Fsp3) is 0.600. The predicted molar refractivity (Wildman–Crippen MR) is 77.3 cm³/mol. The molecule has 1 heterocycles. The smallest absolute Gasteiger partial charge is 0.0207 e. The SMILES string of the molecule is CC1CCCN(CCCc2ccccc2Br)C1. The first-order valence-electron chi connectivity index (χ1n) is 6.71. The monoisotopic (exact) mass is 295 g/mol. The van der Waals surface area contributed by atoms with Crippen molar-refractivity contribution in [1.29, 1.82) is 0 Å². The molecule has 1 saturated heterocycles. The highest BCUT2D eigenvalue weighted by Gasteiger charge is 2.15. The highest BCUT2D eigenvalue weighted by molar-refractivity contribution is 9.10. The number of halogens is 1. The van der Waals surface area contributed by atoms with E-state index in [0.717, 1.165) is 5.92 Å². The summed E-state index contributed by atoms with van der Waals surface area (Å²) >= 11 is 3.62. The Morgan fingerprint density at radius 3 is 2.94 bits per heavy atom. The Hall–Kier alpha value is -0.340. The third-order valence-corrected chi connectivity index (χ3v) is 4.39. The number of rotatable bonds is 4. The van der Waals surface area contributed by atoms with Crippen LogP contribution in [0, 0.1) is 5.92 Å². The Morgan fingerprint density at radius 1 is 1.35 bits per heavy atom. The maximum absolute atomic E-state index is 3.62. The summed E-state index contributed by atoms with van der Waals surface area (Å²) in [6.45, 7) is 6.24. The molecule has 0 bridgehead atoms. The molecule has 1 aromatic carbocycles. The summed E-state index contributed by atoms with van der Waals surface area (Å²) in [6, 6.07) is 8.57. The van der Waals surface area contributed by atoms with Gasteiger partial charge >= 0.3 is 0 Å². The third kappa shape index (κ3) is 4.11. The summed E-state index contributed by atoms with van der Waals surface area (Å²) < 4.78 is 1.26. The fourth-order valence-corrected chi connectivity index (χ4v) is 3.17. The molecular weight excluding hydrogens is 274 g/mol. The summed E-state index contributed by atoms with van der Waals surface area (Å²) in [6.07, 6.45) is 5.26. The molecule has 17 heavy (non-hydrogen) atoms. The first-order chi connectivity index (χ1) is 8.25. The Labute approximate surface area is 113 Å². The van der Waals surface area contributed by atoms with Crippen molar-refractivity contribution in [3.63, 3.8) is 0 Å². The molecule has 0 N–H and O–H groups in total. The molecule has 1 atom stereocenters. The molecule has 1 fully saturated rings. The normalized spacial score (nSPS) is 21.6. The zero-order valence-corrected chi connectivity index (χ0v) is 12.2. The lowest BCUT2D eigenvalue weighted by atomic mass is 10.00. The average Bonchev–Trinajstić information content (AvgIpc) is 2.32. The van der Waals surface area contributed by atoms with E-state index >= 15 is 0 Å². The molecule has 1 unspecified atom stereocenters. The molecule has 94 valence electrons. The van der Waals surface area contributed by atoms with Gasteiger partial charge in [-0.05, 0) is 56.3 Å². The highest BCUT2D eigenvalue weighted by atomic mass is 79.9. The van der Waals surface area contributed by atoms with E-state index in [1.165, 1.54) is 55.4 Å². The standard InChI is InChI=1S/C15H22BrN/c1-13-6-4-10-17(12-13)11-5-8-14-7-2-3-9-15(14)16/h2-3,7,9,13H,4-6,8,10-12H2,1H3. The molecular formula is C15H22BrN. The van der Waals surface area contributed by atoms with Gasteiger partial charge in [0.15, 0.2) is 0 Å². The van der Waals surface area contributed by atoms with E-state index in [9.17, 15) is 0 Å². The number of aryl methyl sites for hydroxylation is 1. The number of hydrogen-bond donors (Lipinski definition) is 0. The number of benzene rings is 1. The second-order valence-electron chi connectivity index (χ2n) is 5.24.